The molecule has 0 aliphatic heterocycles. The number of nitrogens with two attached hydrogens (primary N) is 1. The Balaban J connectivity index is 1.55. The Morgan fingerprint density at radius 3 is 2.96 bits per heavy atom. The second-order valence-electron chi connectivity index (χ2n) is 6.95. The van der Waals surface area contributed by atoms with Crippen molar-refractivity contribution in [3.05, 3.63) is 48.3 Å². The molecule has 2 heterocycles. The van der Waals surface area contributed by atoms with Crippen molar-refractivity contribution < 1.29 is 0 Å². The summed E-state index contributed by atoms with van der Waals surface area (Å²) in [7, 11) is 0. The molecule has 1 aromatic carbocycles. The molecule has 0 amide bonds. The maximum absolute atomic E-state index is 6.48. The highest BCUT2D eigenvalue weighted by atomic mass is 15.1. The van der Waals surface area contributed by atoms with Crippen molar-refractivity contribution in [1.29, 1.82) is 0 Å². The molecule has 1 saturated carbocycles. The molecule has 24 heavy (non-hydrogen) atoms. The van der Waals surface area contributed by atoms with Crippen LogP contribution in [0.25, 0.3) is 22.2 Å². The summed E-state index contributed by atoms with van der Waals surface area (Å²) in [4.78, 5) is 4.32. The zero-order chi connectivity index (χ0) is 16.4. The summed E-state index contributed by atoms with van der Waals surface area (Å²) < 4.78 is 0. The largest absolute Gasteiger partial charge is 0.324 e. The van der Waals surface area contributed by atoms with E-state index in [0.29, 0.717) is 0 Å². The van der Waals surface area contributed by atoms with E-state index in [9.17, 15) is 0 Å². The third-order valence-corrected chi connectivity index (χ3v) is 5.34. The van der Waals surface area contributed by atoms with Crippen LogP contribution in [-0.2, 0) is 0 Å². The summed E-state index contributed by atoms with van der Waals surface area (Å²) in [5.41, 5.74) is 10.9. The van der Waals surface area contributed by atoms with Gasteiger partial charge in [-0.05, 0) is 47.6 Å². The van der Waals surface area contributed by atoms with Crippen LogP contribution in [0.5, 0.6) is 0 Å². The highest BCUT2D eigenvalue weighted by molar-refractivity contribution is 5.92. The van der Waals surface area contributed by atoms with Gasteiger partial charge in [-0.3, -0.25) is 5.10 Å². The number of rotatable bonds is 5. The van der Waals surface area contributed by atoms with E-state index in [1.54, 1.807) is 0 Å². The standard InChI is InChI=1S/C20H24N4/c21-19(9-8-14-4-1-2-5-14)16-7-3-6-15(12-16)17-10-11-22-20-18(17)13-23-24-20/h3,6-7,10-14,19H,1-2,4-5,8-9,21H2,(H,22,23,24). The molecule has 3 N–H and O–H groups in total. The van der Waals surface area contributed by atoms with Gasteiger partial charge in [0.25, 0.3) is 0 Å². The lowest BCUT2D eigenvalue weighted by Gasteiger charge is -2.16. The lowest BCUT2D eigenvalue weighted by Crippen LogP contribution is -2.11. The van der Waals surface area contributed by atoms with E-state index >= 15 is 0 Å². The summed E-state index contributed by atoms with van der Waals surface area (Å²) in [5.74, 6) is 0.894. The number of hydrogen-bond donors (Lipinski definition) is 2. The van der Waals surface area contributed by atoms with E-state index < -0.39 is 0 Å². The van der Waals surface area contributed by atoms with Gasteiger partial charge in [-0.2, -0.15) is 5.10 Å². The van der Waals surface area contributed by atoms with E-state index in [2.05, 4.69) is 39.4 Å². The minimum atomic E-state index is 0.118. The SMILES string of the molecule is NC(CCC1CCCC1)c1cccc(-c2ccnc3[nH]ncc23)c1. The molecule has 0 saturated heterocycles. The van der Waals surface area contributed by atoms with Crippen LogP contribution >= 0.6 is 0 Å². The number of pyridine rings is 1. The molecule has 1 fully saturated rings. The molecule has 4 heteroatoms. The molecule has 1 aliphatic carbocycles. The van der Waals surface area contributed by atoms with Gasteiger partial charge in [0, 0.05) is 17.6 Å². The predicted octanol–water partition coefficient (Wildman–Crippen LogP) is 4.60. The number of nitrogens with zero attached hydrogens (tertiary/aromatic N) is 2. The van der Waals surface area contributed by atoms with Crippen molar-refractivity contribution in [1.82, 2.24) is 15.2 Å². The second-order valence-corrected chi connectivity index (χ2v) is 6.95. The van der Waals surface area contributed by atoms with E-state index in [1.165, 1.54) is 43.2 Å². The fourth-order valence-corrected chi connectivity index (χ4v) is 3.92. The van der Waals surface area contributed by atoms with Crippen LogP contribution in [0.3, 0.4) is 0 Å². The first kappa shape index (κ1) is 15.3. The number of hydrogen-bond acceptors (Lipinski definition) is 3. The van der Waals surface area contributed by atoms with Crippen molar-refractivity contribution >= 4 is 11.0 Å². The van der Waals surface area contributed by atoms with Gasteiger partial charge in [-0.15, -0.1) is 0 Å². The quantitative estimate of drug-likeness (QED) is 0.722. The third-order valence-electron chi connectivity index (χ3n) is 5.34. The second kappa shape index (κ2) is 6.73. The van der Waals surface area contributed by atoms with Crippen LogP contribution in [-0.4, -0.2) is 15.2 Å². The summed E-state index contributed by atoms with van der Waals surface area (Å²) >= 11 is 0. The topological polar surface area (TPSA) is 67.6 Å². The zero-order valence-corrected chi connectivity index (χ0v) is 13.9. The Bertz CT molecular complexity index is 817. The van der Waals surface area contributed by atoms with Crippen molar-refractivity contribution in [2.75, 3.05) is 0 Å². The van der Waals surface area contributed by atoms with Gasteiger partial charge in [-0.1, -0.05) is 43.9 Å². The molecule has 124 valence electrons. The number of aromatic amines is 1. The van der Waals surface area contributed by atoms with Crippen LogP contribution in [0.1, 0.15) is 50.1 Å². The van der Waals surface area contributed by atoms with Gasteiger partial charge in [0.2, 0.25) is 0 Å². The summed E-state index contributed by atoms with van der Waals surface area (Å²) in [6, 6.07) is 10.8. The molecule has 0 radical (unpaired) electrons. The predicted molar refractivity (Wildman–Crippen MR) is 97.4 cm³/mol. The number of nitrogens with one attached hydrogen (secondary N) is 1. The van der Waals surface area contributed by atoms with Crippen LogP contribution in [0.15, 0.2) is 42.7 Å². The smallest absolute Gasteiger partial charge is 0.155 e. The molecule has 1 atom stereocenters. The highest BCUT2D eigenvalue weighted by Crippen LogP contribution is 2.32. The average Bonchev–Trinajstić information content (AvgIpc) is 3.30. The summed E-state index contributed by atoms with van der Waals surface area (Å²) in [6.07, 6.45) is 11.6. The van der Waals surface area contributed by atoms with E-state index in [1.807, 2.05) is 18.5 Å². The average molecular weight is 320 g/mol. The fraction of sp³-hybridized carbons (Fsp3) is 0.400. The number of fused-ring (bicyclic) bond motifs is 1. The van der Waals surface area contributed by atoms with Crippen molar-refractivity contribution in [2.45, 2.75) is 44.6 Å². The van der Waals surface area contributed by atoms with Crippen LogP contribution in [0, 0.1) is 5.92 Å². The molecule has 2 aromatic heterocycles. The first-order valence-corrected chi connectivity index (χ1v) is 8.95. The van der Waals surface area contributed by atoms with Gasteiger partial charge in [-0.25, -0.2) is 4.98 Å². The Hall–Kier alpha value is -2.20. The molecule has 4 rings (SSSR count). The first-order valence-electron chi connectivity index (χ1n) is 8.95. The maximum Gasteiger partial charge on any atom is 0.155 e. The monoisotopic (exact) mass is 320 g/mol. The normalized spacial score (nSPS) is 16.7. The van der Waals surface area contributed by atoms with Crippen molar-refractivity contribution in [2.24, 2.45) is 11.7 Å². The molecule has 0 bridgehead atoms. The molecule has 3 aromatic rings. The van der Waals surface area contributed by atoms with E-state index in [4.69, 9.17) is 5.73 Å². The molecule has 1 unspecified atom stereocenters. The minimum absolute atomic E-state index is 0.118. The van der Waals surface area contributed by atoms with Gasteiger partial charge in [0.1, 0.15) is 0 Å². The Labute approximate surface area is 142 Å². The fourth-order valence-electron chi connectivity index (χ4n) is 3.92. The van der Waals surface area contributed by atoms with Gasteiger partial charge >= 0.3 is 0 Å². The lowest BCUT2D eigenvalue weighted by molar-refractivity contribution is 0.454. The molecule has 4 nitrogen and oxygen atoms in total. The highest BCUT2D eigenvalue weighted by Gasteiger charge is 2.17. The van der Waals surface area contributed by atoms with Crippen molar-refractivity contribution in [3.8, 4) is 11.1 Å². The van der Waals surface area contributed by atoms with Gasteiger partial charge < -0.3 is 5.73 Å². The van der Waals surface area contributed by atoms with E-state index in [0.717, 1.165) is 28.9 Å². The van der Waals surface area contributed by atoms with Crippen molar-refractivity contribution in [3.63, 3.8) is 0 Å². The van der Waals surface area contributed by atoms with E-state index in [-0.39, 0.29) is 6.04 Å². The molecular formula is C20H24N4. The van der Waals surface area contributed by atoms with Gasteiger partial charge in [0.05, 0.1) is 6.20 Å². The Morgan fingerprint density at radius 1 is 1.21 bits per heavy atom. The maximum atomic E-state index is 6.48. The molecular weight excluding hydrogens is 296 g/mol. The van der Waals surface area contributed by atoms with Crippen LogP contribution < -0.4 is 5.73 Å². The lowest BCUT2D eigenvalue weighted by atomic mass is 9.93. The van der Waals surface area contributed by atoms with Crippen LogP contribution in [0.2, 0.25) is 0 Å². The zero-order valence-electron chi connectivity index (χ0n) is 13.9. The number of H-pyrrole nitrogens is 1. The number of aromatic nitrogens is 3. The van der Waals surface area contributed by atoms with Gasteiger partial charge in [0.15, 0.2) is 5.65 Å². The Morgan fingerprint density at radius 2 is 2.08 bits per heavy atom. The molecule has 1 aliphatic rings. The van der Waals surface area contributed by atoms with Crippen LogP contribution in [0.4, 0.5) is 0 Å². The number of benzene rings is 1. The summed E-state index contributed by atoms with van der Waals surface area (Å²) in [6.45, 7) is 0. The Kier molecular flexibility index (Phi) is 4.30. The third kappa shape index (κ3) is 3.06. The summed E-state index contributed by atoms with van der Waals surface area (Å²) in [5, 5.41) is 8.09. The minimum Gasteiger partial charge on any atom is -0.324 e. The first-order chi connectivity index (χ1) is 11.8. The molecule has 0 spiro atoms.